The Kier molecular flexibility index (Phi) is 10.9. The number of benzene rings is 3. The molecule has 11 nitrogen and oxygen atoms in total. The highest BCUT2D eigenvalue weighted by atomic mass is 32.2. The van der Waals surface area contributed by atoms with E-state index in [0.717, 1.165) is 22.0 Å². The minimum atomic E-state index is -4.13. The van der Waals surface area contributed by atoms with Crippen molar-refractivity contribution in [1.29, 1.82) is 0 Å². The van der Waals surface area contributed by atoms with Crippen LogP contribution in [0.25, 0.3) is 0 Å². The van der Waals surface area contributed by atoms with Crippen LogP contribution < -0.4 is 10.1 Å². The van der Waals surface area contributed by atoms with Crippen molar-refractivity contribution in [2.45, 2.75) is 49.8 Å². The van der Waals surface area contributed by atoms with E-state index in [4.69, 9.17) is 9.47 Å². The second-order valence-corrected chi connectivity index (χ2v) is 12.8. The summed E-state index contributed by atoms with van der Waals surface area (Å²) in [6, 6.07) is 19.9. The summed E-state index contributed by atoms with van der Waals surface area (Å²) < 4.78 is 39.9. The van der Waals surface area contributed by atoms with E-state index in [2.05, 4.69) is 5.32 Å². The average molecular weight is 612 g/mol. The molecule has 43 heavy (non-hydrogen) atoms. The first-order valence-electron chi connectivity index (χ1n) is 14.2. The van der Waals surface area contributed by atoms with Gasteiger partial charge in [-0.1, -0.05) is 56.3 Å². The van der Waals surface area contributed by atoms with E-state index in [1.54, 1.807) is 24.3 Å². The lowest BCUT2D eigenvalue weighted by molar-refractivity contribution is -0.384. The molecule has 1 amide bonds. The van der Waals surface area contributed by atoms with Gasteiger partial charge in [-0.3, -0.25) is 14.9 Å². The van der Waals surface area contributed by atoms with Crippen molar-refractivity contribution in [3.05, 3.63) is 100 Å². The number of ether oxygens (including phenoxy) is 2. The van der Waals surface area contributed by atoms with Crippen molar-refractivity contribution >= 4 is 21.6 Å². The Balaban J connectivity index is 1.59. The first-order chi connectivity index (χ1) is 20.5. The predicted molar refractivity (Wildman–Crippen MR) is 160 cm³/mol. The lowest BCUT2D eigenvalue weighted by Crippen LogP contribution is -2.51. The molecule has 1 aliphatic rings. The molecule has 0 aromatic heterocycles. The van der Waals surface area contributed by atoms with E-state index in [9.17, 15) is 28.4 Å². The Morgan fingerprint density at radius 2 is 1.74 bits per heavy atom. The Bertz CT molecular complexity index is 1480. The number of nitro groups is 1. The zero-order valence-electron chi connectivity index (χ0n) is 24.2. The standard InChI is InChI=1S/C31H37N3O8S/c1-22(2)19-33(43(39,40)26-14-12-24(13-15-26)34(37)38)20-29(35)28(18-23-8-4-3-5-9-23)32-31(36)27-10-6-7-11-30(27)42-25-16-17-41-21-25/h3-15,22,25,28-29,35H,16-21H2,1-2H3,(H,32,36). The summed E-state index contributed by atoms with van der Waals surface area (Å²) in [6.45, 7) is 4.48. The SMILES string of the molecule is CC(C)CN(CC(O)C(Cc1ccccc1)NC(=O)c1ccccc1OC1CCOC1)S(=O)(=O)c1ccc([N+](=O)[O-])cc1. The molecule has 3 atom stereocenters. The van der Waals surface area contributed by atoms with Crippen LogP contribution in [0.15, 0.2) is 83.8 Å². The molecule has 4 rings (SSSR count). The van der Waals surface area contributed by atoms with E-state index in [0.29, 0.717) is 25.4 Å². The second-order valence-electron chi connectivity index (χ2n) is 10.9. The van der Waals surface area contributed by atoms with Crippen molar-refractivity contribution < 1.29 is 32.7 Å². The number of nitrogens with zero attached hydrogens (tertiary/aromatic N) is 2. The number of hydrogen-bond donors (Lipinski definition) is 2. The summed E-state index contributed by atoms with van der Waals surface area (Å²) >= 11 is 0. The smallest absolute Gasteiger partial charge is 0.269 e. The van der Waals surface area contributed by atoms with Crippen LogP contribution in [0.5, 0.6) is 5.75 Å². The number of nitrogens with one attached hydrogen (secondary N) is 1. The highest BCUT2D eigenvalue weighted by Crippen LogP contribution is 2.24. The van der Waals surface area contributed by atoms with Crippen molar-refractivity contribution in [1.82, 2.24) is 9.62 Å². The van der Waals surface area contributed by atoms with E-state index in [-0.39, 0.29) is 47.7 Å². The van der Waals surface area contributed by atoms with Crippen molar-refractivity contribution in [3.63, 3.8) is 0 Å². The van der Waals surface area contributed by atoms with Gasteiger partial charge in [-0.25, -0.2) is 8.42 Å². The zero-order valence-corrected chi connectivity index (χ0v) is 25.0. The van der Waals surface area contributed by atoms with Crippen molar-refractivity contribution in [2.75, 3.05) is 26.3 Å². The van der Waals surface area contributed by atoms with Crippen molar-refractivity contribution in [2.24, 2.45) is 5.92 Å². The van der Waals surface area contributed by atoms with Crippen LogP contribution in [0.3, 0.4) is 0 Å². The maximum atomic E-state index is 13.6. The lowest BCUT2D eigenvalue weighted by Gasteiger charge is -2.31. The van der Waals surface area contributed by atoms with Crippen LogP contribution in [0.2, 0.25) is 0 Å². The fourth-order valence-corrected chi connectivity index (χ4v) is 6.46. The summed E-state index contributed by atoms with van der Waals surface area (Å²) in [4.78, 5) is 23.9. The molecule has 0 saturated carbocycles. The van der Waals surface area contributed by atoms with Gasteiger partial charge >= 0.3 is 0 Å². The molecule has 1 saturated heterocycles. The molecule has 3 unspecified atom stereocenters. The minimum Gasteiger partial charge on any atom is -0.487 e. The molecule has 2 N–H and O–H groups in total. The molecular weight excluding hydrogens is 574 g/mol. The predicted octanol–water partition coefficient (Wildman–Crippen LogP) is 3.81. The Hall–Kier alpha value is -3.84. The molecule has 0 aliphatic carbocycles. The monoisotopic (exact) mass is 611 g/mol. The summed E-state index contributed by atoms with van der Waals surface area (Å²) in [5, 5.41) is 25.5. The third kappa shape index (κ3) is 8.60. The number of non-ortho nitro benzene ring substituents is 1. The number of amides is 1. The van der Waals surface area contributed by atoms with Crippen LogP contribution in [0.1, 0.15) is 36.2 Å². The minimum absolute atomic E-state index is 0.0858. The maximum Gasteiger partial charge on any atom is 0.269 e. The van der Waals surface area contributed by atoms with E-state index >= 15 is 0 Å². The quantitative estimate of drug-likeness (QED) is 0.207. The molecule has 3 aromatic carbocycles. The van der Waals surface area contributed by atoms with Gasteiger partial charge in [0.25, 0.3) is 11.6 Å². The second kappa shape index (κ2) is 14.6. The molecule has 0 radical (unpaired) electrons. The van der Waals surface area contributed by atoms with E-state index in [1.807, 2.05) is 44.2 Å². The Labute approximate surface area is 251 Å². The Morgan fingerprint density at radius 1 is 1.07 bits per heavy atom. The van der Waals surface area contributed by atoms with Gasteiger partial charge in [0, 0.05) is 31.6 Å². The zero-order chi connectivity index (χ0) is 31.0. The molecule has 0 bridgehead atoms. The number of aliphatic hydroxyl groups is 1. The molecule has 1 aliphatic heterocycles. The largest absolute Gasteiger partial charge is 0.487 e. The van der Waals surface area contributed by atoms with E-state index < -0.39 is 33.0 Å². The lowest BCUT2D eigenvalue weighted by atomic mass is 10.00. The van der Waals surface area contributed by atoms with Gasteiger partial charge in [0.1, 0.15) is 11.9 Å². The number of carbonyl (C=O) groups is 1. The molecule has 230 valence electrons. The van der Waals surface area contributed by atoms with Gasteiger partial charge in [-0.15, -0.1) is 0 Å². The van der Waals surface area contributed by atoms with Gasteiger partial charge in [-0.05, 0) is 42.2 Å². The third-order valence-electron chi connectivity index (χ3n) is 7.04. The molecule has 3 aromatic rings. The fraction of sp³-hybridized carbons (Fsp3) is 0.387. The van der Waals surface area contributed by atoms with Crippen LogP contribution >= 0.6 is 0 Å². The average Bonchev–Trinajstić information content (AvgIpc) is 3.50. The van der Waals surface area contributed by atoms with Gasteiger partial charge in [0.15, 0.2) is 0 Å². The summed E-state index contributed by atoms with van der Waals surface area (Å²) in [7, 11) is -4.13. The number of carbonyl (C=O) groups excluding carboxylic acids is 1. The first-order valence-corrected chi connectivity index (χ1v) is 15.6. The Morgan fingerprint density at radius 3 is 2.37 bits per heavy atom. The summed E-state index contributed by atoms with van der Waals surface area (Å²) in [5.74, 6) is -0.167. The van der Waals surface area contributed by atoms with Gasteiger partial charge < -0.3 is 19.9 Å². The van der Waals surface area contributed by atoms with Crippen LogP contribution in [-0.4, -0.2) is 73.2 Å². The summed E-state index contributed by atoms with van der Waals surface area (Å²) in [6.07, 6.45) is -0.526. The van der Waals surface area contributed by atoms with Crippen LogP contribution in [-0.2, 0) is 21.2 Å². The van der Waals surface area contributed by atoms with Gasteiger partial charge in [0.05, 0.1) is 40.7 Å². The van der Waals surface area contributed by atoms with Crippen LogP contribution in [0.4, 0.5) is 5.69 Å². The molecular formula is C31H37N3O8S. The highest BCUT2D eigenvalue weighted by Gasteiger charge is 2.32. The van der Waals surface area contributed by atoms with Gasteiger partial charge in [-0.2, -0.15) is 4.31 Å². The summed E-state index contributed by atoms with van der Waals surface area (Å²) in [5.41, 5.74) is 0.898. The third-order valence-corrected chi connectivity index (χ3v) is 8.88. The van der Waals surface area contributed by atoms with Crippen molar-refractivity contribution in [3.8, 4) is 5.75 Å². The molecule has 1 fully saturated rings. The number of rotatable bonds is 14. The van der Waals surface area contributed by atoms with E-state index in [1.165, 1.54) is 12.1 Å². The topological polar surface area (TPSA) is 148 Å². The number of aliphatic hydroxyl groups excluding tert-OH is 1. The first kappa shape index (κ1) is 32.1. The highest BCUT2D eigenvalue weighted by molar-refractivity contribution is 7.89. The number of para-hydroxylation sites is 1. The molecule has 1 heterocycles. The fourth-order valence-electron chi connectivity index (χ4n) is 4.84. The number of sulfonamides is 1. The van der Waals surface area contributed by atoms with Gasteiger partial charge in [0.2, 0.25) is 10.0 Å². The van der Waals surface area contributed by atoms with Crippen LogP contribution in [0, 0.1) is 16.0 Å². The normalized spacial score (nSPS) is 16.6. The maximum absolute atomic E-state index is 13.6. The number of hydrogen-bond acceptors (Lipinski definition) is 8. The molecule has 12 heteroatoms. The molecule has 0 spiro atoms. The number of nitro benzene ring substituents is 1.